The lowest BCUT2D eigenvalue weighted by Gasteiger charge is -2.31. The fraction of sp³-hybridized carbons (Fsp3) is 0.131. The van der Waals surface area contributed by atoms with Crippen molar-refractivity contribution in [1.29, 1.82) is 5.41 Å². The van der Waals surface area contributed by atoms with Crippen molar-refractivity contribution in [3.63, 3.8) is 0 Å². The summed E-state index contributed by atoms with van der Waals surface area (Å²) in [7, 11) is 0. The average Bonchev–Trinajstić information content (AvgIpc) is 3.83. The highest BCUT2D eigenvalue weighted by Gasteiger charge is 2.33. The van der Waals surface area contributed by atoms with E-state index in [1.165, 1.54) is 110 Å². The Morgan fingerprint density at radius 3 is 1.78 bits per heavy atom. The Hall–Kier alpha value is -7.69. The summed E-state index contributed by atoms with van der Waals surface area (Å²) in [6, 6.07) is 40.9. The number of aryl methyl sites for hydroxylation is 4. The molecule has 9 aromatic rings. The molecule has 4 nitrogen and oxygen atoms in total. The Bertz CT molecular complexity index is 3670. The van der Waals surface area contributed by atoms with Gasteiger partial charge in [-0.2, -0.15) is 0 Å². The molecule has 0 saturated carbocycles. The summed E-state index contributed by atoms with van der Waals surface area (Å²) >= 11 is 0. The number of fused-ring (bicyclic) bond motifs is 9. The second kappa shape index (κ2) is 15.8. The largest absolute Gasteiger partial charge is 0.405 e. The number of aromatic nitrogens is 2. The summed E-state index contributed by atoms with van der Waals surface area (Å²) in [6.07, 6.45) is 20.7. The number of nitrogens with one attached hydrogen (secondary N) is 1. The van der Waals surface area contributed by atoms with Crippen LogP contribution >= 0.6 is 0 Å². The minimum absolute atomic E-state index is 0.495. The van der Waals surface area contributed by atoms with Crippen molar-refractivity contribution in [2.75, 3.05) is 0 Å². The Morgan fingerprint density at radius 1 is 0.646 bits per heavy atom. The zero-order chi connectivity index (χ0) is 44.5. The maximum atomic E-state index is 8.59. The minimum atomic E-state index is 0.495. The van der Waals surface area contributed by atoms with E-state index in [0.717, 1.165) is 54.6 Å². The van der Waals surface area contributed by atoms with Crippen molar-refractivity contribution >= 4 is 83.6 Å². The monoisotopic (exact) mass is 840 g/mol. The lowest BCUT2D eigenvalue weighted by Crippen LogP contribution is -2.16. The fourth-order valence-corrected chi connectivity index (χ4v) is 11.2. The van der Waals surface area contributed by atoms with Crippen LogP contribution < -0.4 is 5.73 Å². The smallest absolute Gasteiger partial charge is 0.0579 e. The molecule has 11 rings (SSSR count). The number of benzene rings is 7. The Morgan fingerprint density at radius 2 is 1.22 bits per heavy atom. The Kier molecular flexibility index (Phi) is 9.77. The second-order valence-corrected chi connectivity index (χ2v) is 17.7. The van der Waals surface area contributed by atoms with E-state index in [4.69, 9.17) is 11.1 Å². The number of allylic oxidation sites excluding steroid dienone is 7. The molecule has 0 amide bonds. The number of hydrogen-bond donors (Lipinski definition) is 2. The first-order chi connectivity index (χ1) is 31.8. The molecule has 0 bridgehead atoms. The summed E-state index contributed by atoms with van der Waals surface area (Å²) in [6.45, 7) is 14.5. The molecule has 7 aromatic carbocycles. The van der Waals surface area contributed by atoms with Crippen LogP contribution in [0, 0.1) is 5.41 Å². The molecule has 0 aliphatic heterocycles. The van der Waals surface area contributed by atoms with E-state index in [9.17, 15) is 0 Å². The van der Waals surface area contributed by atoms with Crippen LogP contribution in [0.5, 0.6) is 0 Å². The topological polar surface area (TPSA) is 59.7 Å². The van der Waals surface area contributed by atoms with E-state index in [0.29, 0.717) is 5.71 Å². The highest BCUT2D eigenvalue weighted by atomic mass is 15.0. The first kappa shape index (κ1) is 40.1. The van der Waals surface area contributed by atoms with Crippen LogP contribution in [0.15, 0.2) is 159 Å². The molecule has 3 N–H and O–H groups in total. The van der Waals surface area contributed by atoms with Gasteiger partial charge in [-0.25, -0.2) is 0 Å². The van der Waals surface area contributed by atoms with Crippen molar-refractivity contribution in [2.24, 2.45) is 5.73 Å². The van der Waals surface area contributed by atoms with Gasteiger partial charge in [-0.1, -0.05) is 105 Å². The molecular weight excluding hydrogens is 789 g/mol. The van der Waals surface area contributed by atoms with Gasteiger partial charge < -0.3 is 20.3 Å². The summed E-state index contributed by atoms with van der Waals surface area (Å²) < 4.78 is 4.87. The lowest BCUT2D eigenvalue weighted by atomic mass is 9.74. The van der Waals surface area contributed by atoms with Gasteiger partial charge in [0.2, 0.25) is 0 Å². The van der Waals surface area contributed by atoms with Crippen molar-refractivity contribution < 1.29 is 0 Å². The van der Waals surface area contributed by atoms with E-state index in [-0.39, 0.29) is 0 Å². The van der Waals surface area contributed by atoms with Gasteiger partial charge in [-0.3, -0.25) is 0 Å². The zero-order valence-corrected chi connectivity index (χ0v) is 37.4. The van der Waals surface area contributed by atoms with E-state index in [1.807, 2.05) is 25.2 Å². The molecule has 2 aliphatic rings. The van der Waals surface area contributed by atoms with Crippen LogP contribution in [-0.4, -0.2) is 14.8 Å². The normalized spacial score (nSPS) is 13.9. The third kappa shape index (κ3) is 6.30. The van der Waals surface area contributed by atoms with Gasteiger partial charge >= 0.3 is 0 Å². The molecule has 2 heterocycles. The van der Waals surface area contributed by atoms with Crippen molar-refractivity contribution in [3.8, 4) is 33.4 Å². The molecule has 0 fully saturated rings. The standard InChI is InChI=1S/C61H52N4/c1-6-12-39-16-18-42(31-38(39)8-3)44-23-27-57-53(33-44)55-36-47-20-24-50-58-46(21-25-51(59(47)58)61(55)65(57)49(13-7-2)28-29-62)35-54-52-34-45(43-19-17-40-14-10-11-15-41(40)32-43)22-26-56(52)64(60(50)54)48(9-4)30-37(5)63/h6,8-19,22-23,26-36,63H,3-4,7,20-21,24-25,62H2,1-2,5H3/b12-6-,29-28-,48-30+,49-13+,63-37?. The SMILES string of the molecule is C=C/C(=C\C(C)=N)n1c2ccc(-c3ccc4ccccc4c3)cc2c2cc3c4c(c21)CCc1cc2c5cc(-c6ccc(/C=C\C)c(C=C)c6)ccc5n(C(/C=C\N)=C/CC)c2c(c1-4)CC3. The van der Waals surface area contributed by atoms with Crippen LogP contribution in [0.25, 0.3) is 111 Å². The first-order valence-electron chi connectivity index (χ1n) is 23.0. The van der Waals surface area contributed by atoms with Crippen LogP contribution in [0.2, 0.25) is 0 Å². The molecule has 0 spiro atoms. The number of hydrogen-bond acceptors (Lipinski definition) is 2. The molecule has 0 radical (unpaired) electrons. The van der Waals surface area contributed by atoms with E-state index >= 15 is 0 Å². The van der Waals surface area contributed by atoms with Gasteiger partial charge in [-0.15, -0.1) is 0 Å². The third-order valence-electron chi connectivity index (χ3n) is 13.8. The van der Waals surface area contributed by atoms with E-state index in [2.05, 4.69) is 170 Å². The van der Waals surface area contributed by atoms with Crippen LogP contribution in [0.1, 0.15) is 60.6 Å². The molecule has 316 valence electrons. The van der Waals surface area contributed by atoms with Gasteiger partial charge in [0.25, 0.3) is 0 Å². The molecule has 65 heavy (non-hydrogen) atoms. The highest BCUT2D eigenvalue weighted by Crippen LogP contribution is 2.52. The van der Waals surface area contributed by atoms with Gasteiger partial charge in [0.1, 0.15) is 0 Å². The molecule has 0 unspecified atom stereocenters. The quantitative estimate of drug-likeness (QED) is 0.105. The molecular formula is C61H52N4. The predicted molar refractivity (Wildman–Crippen MR) is 282 cm³/mol. The summed E-state index contributed by atoms with van der Waals surface area (Å²) in [5, 5.41) is 16.1. The molecule has 2 aliphatic carbocycles. The number of rotatable bonds is 10. The predicted octanol–water partition coefficient (Wildman–Crippen LogP) is 15.7. The molecule has 0 saturated heterocycles. The Balaban J connectivity index is 1.19. The number of nitrogens with zero attached hydrogens (tertiary/aromatic N) is 2. The van der Waals surface area contributed by atoms with Gasteiger partial charge in [-0.05, 0) is 196 Å². The highest BCUT2D eigenvalue weighted by molar-refractivity contribution is 6.18. The zero-order valence-electron chi connectivity index (χ0n) is 37.4. The Labute approximate surface area is 380 Å². The van der Waals surface area contributed by atoms with Crippen molar-refractivity contribution in [1.82, 2.24) is 9.13 Å². The molecule has 0 atom stereocenters. The van der Waals surface area contributed by atoms with E-state index in [1.54, 1.807) is 6.20 Å². The van der Waals surface area contributed by atoms with Crippen LogP contribution in [0.3, 0.4) is 0 Å². The first-order valence-corrected chi connectivity index (χ1v) is 23.0. The molecule has 2 aromatic heterocycles. The summed E-state index contributed by atoms with van der Waals surface area (Å²) in [5.41, 5.74) is 29.0. The van der Waals surface area contributed by atoms with Gasteiger partial charge in [0, 0.05) is 38.7 Å². The van der Waals surface area contributed by atoms with Crippen molar-refractivity contribution in [2.45, 2.75) is 52.9 Å². The van der Waals surface area contributed by atoms with Crippen molar-refractivity contribution in [3.05, 3.63) is 192 Å². The van der Waals surface area contributed by atoms with E-state index < -0.39 is 0 Å². The van der Waals surface area contributed by atoms with Crippen LogP contribution in [0.4, 0.5) is 0 Å². The number of nitrogens with two attached hydrogens (primary N) is 1. The average molecular weight is 841 g/mol. The van der Waals surface area contributed by atoms with Gasteiger partial charge in [0.05, 0.1) is 22.1 Å². The molecule has 4 heteroatoms. The second-order valence-electron chi connectivity index (χ2n) is 17.7. The van der Waals surface area contributed by atoms with Crippen LogP contribution in [-0.2, 0) is 25.7 Å². The fourth-order valence-electron chi connectivity index (χ4n) is 11.2. The minimum Gasteiger partial charge on any atom is -0.405 e. The maximum absolute atomic E-state index is 8.59. The third-order valence-corrected chi connectivity index (χ3v) is 13.8. The van der Waals surface area contributed by atoms with Gasteiger partial charge in [0.15, 0.2) is 0 Å². The lowest BCUT2D eigenvalue weighted by molar-refractivity contribution is 0.884. The summed E-state index contributed by atoms with van der Waals surface area (Å²) in [4.78, 5) is 0. The maximum Gasteiger partial charge on any atom is 0.0579 e. The summed E-state index contributed by atoms with van der Waals surface area (Å²) in [5.74, 6) is 0.